The first-order chi connectivity index (χ1) is 13.4. The van der Waals surface area contributed by atoms with Gasteiger partial charge in [-0.2, -0.15) is 0 Å². The van der Waals surface area contributed by atoms with E-state index in [0.717, 1.165) is 11.8 Å². The minimum atomic E-state index is 0.766. The van der Waals surface area contributed by atoms with Crippen molar-refractivity contribution in [1.29, 1.82) is 0 Å². The van der Waals surface area contributed by atoms with Gasteiger partial charge >= 0.3 is 0 Å². The predicted octanol–water partition coefficient (Wildman–Crippen LogP) is 8.85. The largest absolute Gasteiger partial charge is 0.298 e. The Bertz CT molecular complexity index is 440. The lowest BCUT2D eigenvalue weighted by atomic mass is 10.0. The maximum absolute atomic E-state index is 10.6. The summed E-state index contributed by atoms with van der Waals surface area (Å²) in [5.74, 6) is 1.19. The van der Waals surface area contributed by atoms with Crippen LogP contribution < -0.4 is 0 Å². The van der Waals surface area contributed by atoms with Gasteiger partial charge in [-0.15, -0.1) is 11.8 Å². The third-order valence-electron chi connectivity index (χ3n) is 5.28. The Morgan fingerprint density at radius 1 is 0.630 bits per heavy atom. The van der Waals surface area contributed by atoms with Gasteiger partial charge in [0.25, 0.3) is 0 Å². The minimum Gasteiger partial charge on any atom is -0.298 e. The molecule has 0 atom stereocenters. The summed E-state index contributed by atoms with van der Waals surface area (Å²) in [5.41, 5.74) is 0.766. The Kier molecular flexibility index (Phi) is 16.7. The zero-order chi connectivity index (χ0) is 19.4. The Morgan fingerprint density at radius 3 is 1.44 bits per heavy atom. The summed E-state index contributed by atoms with van der Waals surface area (Å²) >= 11 is 1.91. The van der Waals surface area contributed by atoms with Crippen molar-refractivity contribution >= 4 is 18.0 Å². The first-order valence-corrected chi connectivity index (χ1v) is 12.5. The summed E-state index contributed by atoms with van der Waals surface area (Å²) in [5, 5.41) is 0. The minimum absolute atomic E-state index is 0.766. The average Bonchev–Trinajstić information content (AvgIpc) is 2.70. The maximum atomic E-state index is 10.6. The van der Waals surface area contributed by atoms with Gasteiger partial charge in [-0.3, -0.25) is 4.79 Å². The highest BCUT2D eigenvalue weighted by Crippen LogP contribution is 2.20. The number of hydrogen-bond acceptors (Lipinski definition) is 2. The number of rotatable bonds is 19. The molecular weight excluding hydrogens is 348 g/mol. The highest BCUT2D eigenvalue weighted by Gasteiger charge is 1.97. The molecule has 0 aliphatic carbocycles. The number of hydrogen-bond donors (Lipinski definition) is 0. The molecular formula is C25H42OS. The monoisotopic (exact) mass is 390 g/mol. The van der Waals surface area contributed by atoms with E-state index in [1.54, 1.807) is 0 Å². The average molecular weight is 391 g/mol. The van der Waals surface area contributed by atoms with E-state index in [1.165, 1.54) is 113 Å². The lowest BCUT2D eigenvalue weighted by molar-refractivity contribution is 0.112. The van der Waals surface area contributed by atoms with Crippen molar-refractivity contribution in [3.05, 3.63) is 29.8 Å². The topological polar surface area (TPSA) is 17.1 Å². The molecule has 0 bridgehead atoms. The van der Waals surface area contributed by atoms with Crippen LogP contribution in [-0.2, 0) is 0 Å². The van der Waals surface area contributed by atoms with Crippen LogP contribution in [0.1, 0.15) is 120 Å². The van der Waals surface area contributed by atoms with Crippen molar-refractivity contribution < 1.29 is 4.79 Å². The number of carbonyl (C=O) groups is 1. The zero-order valence-electron chi connectivity index (χ0n) is 17.7. The van der Waals surface area contributed by atoms with Crippen molar-refractivity contribution in [2.24, 2.45) is 0 Å². The van der Waals surface area contributed by atoms with E-state index < -0.39 is 0 Å². The van der Waals surface area contributed by atoms with Crippen molar-refractivity contribution in [3.63, 3.8) is 0 Å². The lowest BCUT2D eigenvalue weighted by Crippen LogP contribution is -1.85. The van der Waals surface area contributed by atoms with Gasteiger partial charge < -0.3 is 0 Å². The Balaban J connectivity index is 1.76. The van der Waals surface area contributed by atoms with E-state index in [-0.39, 0.29) is 0 Å². The first kappa shape index (κ1) is 24.3. The molecule has 0 saturated carbocycles. The van der Waals surface area contributed by atoms with Gasteiger partial charge in [0.1, 0.15) is 6.29 Å². The van der Waals surface area contributed by atoms with Crippen LogP contribution in [0.15, 0.2) is 29.2 Å². The second-order valence-electron chi connectivity index (χ2n) is 7.84. The highest BCUT2D eigenvalue weighted by atomic mass is 32.2. The van der Waals surface area contributed by atoms with Gasteiger partial charge in [-0.05, 0) is 24.3 Å². The molecule has 0 N–H and O–H groups in total. The number of aldehydes is 1. The van der Waals surface area contributed by atoms with Crippen LogP contribution in [0.4, 0.5) is 0 Å². The zero-order valence-corrected chi connectivity index (χ0v) is 18.5. The fourth-order valence-corrected chi connectivity index (χ4v) is 4.40. The lowest BCUT2D eigenvalue weighted by Gasteiger charge is -2.04. The molecule has 0 aliphatic heterocycles. The number of unbranched alkanes of at least 4 members (excludes halogenated alkanes) is 15. The molecule has 1 aromatic carbocycles. The molecule has 154 valence electrons. The molecule has 1 rings (SSSR count). The third-order valence-corrected chi connectivity index (χ3v) is 6.38. The van der Waals surface area contributed by atoms with Crippen LogP contribution in [0.5, 0.6) is 0 Å². The van der Waals surface area contributed by atoms with Crippen LogP contribution in [0.3, 0.4) is 0 Å². The second-order valence-corrected chi connectivity index (χ2v) is 9.01. The summed E-state index contributed by atoms with van der Waals surface area (Å²) in [7, 11) is 0. The number of benzene rings is 1. The summed E-state index contributed by atoms with van der Waals surface area (Å²) in [4.78, 5) is 11.9. The van der Waals surface area contributed by atoms with E-state index in [0.29, 0.717) is 0 Å². The Labute approximate surface area is 173 Å². The maximum Gasteiger partial charge on any atom is 0.150 e. The molecule has 0 heterocycles. The number of carbonyl (C=O) groups excluding carboxylic acids is 1. The van der Waals surface area contributed by atoms with Gasteiger partial charge in [-0.25, -0.2) is 0 Å². The van der Waals surface area contributed by atoms with Gasteiger partial charge in [0.15, 0.2) is 0 Å². The molecule has 0 unspecified atom stereocenters. The summed E-state index contributed by atoms with van der Waals surface area (Å²) in [6.07, 6.45) is 23.7. The van der Waals surface area contributed by atoms with Gasteiger partial charge in [0.2, 0.25) is 0 Å². The molecule has 0 fully saturated rings. The SMILES string of the molecule is CCCCCCCCCCCCCCCCCCSc1ccc(C=O)cc1. The molecule has 0 radical (unpaired) electrons. The molecule has 2 heteroatoms. The van der Waals surface area contributed by atoms with Crippen molar-refractivity contribution in [1.82, 2.24) is 0 Å². The van der Waals surface area contributed by atoms with Crippen molar-refractivity contribution in [2.75, 3.05) is 5.75 Å². The van der Waals surface area contributed by atoms with E-state index >= 15 is 0 Å². The van der Waals surface area contributed by atoms with Gasteiger partial charge in [0.05, 0.1) is 0 Å². The van der Waals surface area contributed by atoms with Crippen molar-refractivity contribution in [3.8, 4) is 0 Å². The van der Waals surface area contributed by atoms with Gasteiger partial charge in [0, 0.05) is 10.5 Å². The fraction of sp³-hybridized carbons (Fsp3) is 0.720. The van der Waals surface area contributed by atoms with Crippen LogP contribution in [0, 0.1) is 0 Å². The van der Waals surface area contributed by atoms with Gasteiger partial charge in [-0.1, -0.05) is 115 Å². The molecule has 1 nitrogen and oxygen atoms in total. The molecule has 0 amide bonds. The smallest absolute Gasteiger partial charge is 0.150 e. The van der Waals surface area contributed by atoms with Crippen LogP contribution in [0.25, 0.3) is 0 Å². The van der Waals surface area contributed by atoms with E-state index in [4.69, 9.17) is 0 Å². The van der Waals surface area contributed by atoms with Crippen molar-refractivity contribution in [2.45, 2.75) is 115 Å². The molecule has 0 aliphatic rings. The third kappa shape index (κ3) is 14.9. The van der Waals surface area contributed by atoms with E-state index in [9.17, 15) is 4.79 Å². The molecule has 0 aromatic heterocycles. The predicted molar refractivity (Wildman–Crippen MR) is 122 cm³/mol. The quantitative estimate of drug-likeness (QED) is 0.133. The molecule has 27 heavy (non-hydrogen) atoms. The van der Waals surface area contributed by atoms with Crippen LogP contribution in [0.2, 0.25) is 0 Å². The van der Waals surface area contributed by atoms with Crippen LogP contribution >= 0.6 is 11.8 Å². The first-order valence-electron chi connectivity index (χ1n) is 11.5. The Hall–Kier alpha value is -0.760. The second kappa shape index (κ2) is 18.6. The molecule has 0 saturated heterocycles. The standard InChI is InChI=1S/C25H42OS/c1-2-3-4-5-6-7-8-9-10-11-12-13-14-15-16-17-22-27-25-20-18-24(23-26)19-21-25/h18-21,23H,2-17,22H2,1H3. The van der Waals surface area contributed by atoms with E-state index in [2.05, 4.69) is 19.1 Å². The summed E-state index contributed by atoms with van der Waals surface area (Å²) in [6.45, 7) is 2.29. The summed E-state index contributed by atoms with van der Waals surface area (Å²) < 4.78 is 0. The highest BCUT2D eigenvalue weighted by molar-refractivity contribution is 7.99. The molecule has 0 spiro atoms. The summed E-state index contributed by atoms with van der Waals surface area (Å²) in [6, 6.07) is 7.92. The fourth-order valence-electron chi connectivity index (χ4n) is 3.48. The number of thioether (sulfide) groups is 1. The van der Waals surface area contributed by atoms with E-state index in [1.807, 2.05) is 23.9 Å². The Morgan fingerprint density at radius 2 is 1.04 bits per heavy atom. The van der Waals surface area contributed by atoms with Crippen LogP contribution in [-0.4, -0.2) is 12.0 Å². The molecule has 1 aromatic rings. The normalized spacial score (nSPS) is 11.0.